The van der Waals surface area contributed by atoms with Crippen LogP contribution in [-0.4, -0.2) is 33.1 Å². The Kier molecular flexibility index (Phi) is 6.69. The Morgan fingerprint density at radius 1 is 1.32 bits per heavy atom. The largest absolute Gasteiger partial charge is 0.364 e. The smallest absolute Gasteiger partial charge is 0.190 e. The van der Waals surface area contributed by atoms with Gasteiger partial charge in [-0.05, 0) is 17.7 Å². The van der Waals surface area contributed by atoms with Crippen LogP contribution in [0.3, 0.4) is 0 Å². The molecule has 1 aromatic carbocycles. The van der Waals surface area contributed by atoms with Crippen molar-refractivity contribution < 1.29 is 0 Å². The molecule has 0 spiro atoms. The second-order valence-corrected chi connectivity index (χ2v) is 4.22. The fourth-order valence-corrected chi connectivity index (χ4v) is 2.02. The predicted molar refractivity (Wildman–Crippen MR) is 92.5 cm³/mol. The van der Waals surface area contributed by atoms with Gasteiger partial charge in [-0.2, -0.15) is 0 Å². The van der Waals surface area contributed by atoms with Gasteiger partial charge in [0.1, 0.15) is 0 Å². The quantitative estimate of drug-likeness (QED) is 0.369. The lowest BCUT2D eigenvalue weighted by Gasteiger charge is -2.18. The molecule has 2 rings (SSSR count). The number of hydrogen-bond acceptors (Lipinski definition) is 2. The fraction of sp³-hybridized carbons (Fsp3) is 0.357. The molecule has 0 saturated carbocycles. The molecule has 0 saturated heterocycles. The zero-order valence-corrected chi connectivity index (χ0v) is 13.7. The number of rotatable bonds is 3. The highest BCUT2D eigenvalue weighted by Crippen LogP contribution is 2.18. The molecule has 0 amide bonds. The van der Waals surface area contributed by atoms with Crippen molar-refractivity contribution >= 4 is 35.6 Å². The van der Waals surface area contributed by atoms with Crippen LogP contribution in [0.1, 0.15) is 5.56 Å². The molecule has 2 N–H and O–H groups in total. The Hall–Kier alpha value is -1.24. The Morgan fingerprint density at radius 2 is 2.05 bits per heavy atom. The van der Waals surface area contributed by atoms with E-state index in [0.717, 1.165) is 25.6 Å². The normalized spacial score (nSPS) is 14.2. The molecule has 1 heterocycles. The van der Waals surface area contributed by atoms with E-state index in [1.54, 1.807) is 7.05 Å². The van der Waals surface area contributed by atoms with Crippen LogP contribution in [0.5, 0.6) is 0 Å². The van der Waals surface area contributed by atoms with Crippen molar-refractivity contribution in [1.29, 1.82) is 0 Å². The van der Waals surface area contributed by atoms with E-state index in [9.17, 15) is 0 Å². The first-order valence-electron chi connectivity index (χ1n) is 6.21. The first-order chi connectivity index (χ1) is 8.83. The van der Waals surface area contributed by atoms with Crippen molar-refractivity contribution in [3.8, 4) is 0 Å². The van der Waals surface area contributed by atoms with E-state index < -0.39 is 0 Å². The maximum absolute atomic E-state index is 4.10. The minimum Gasteiger partial charge on any atom is -0.364 e. The molecule has 1 aromatic rings. The SMILES string of the molecule is CN=C(NC)NCc1cccc(N2CC=CC2)c1.I. The molecule has 5 heteroatoms. The van der Waals surface area contributed by atoms with Gasteiger partial charge in [-0.25, -0.2) is 0 Å². The number of benzene rings is 1. The highest BCUT2D eigenvalue weighted by molar-refractivity contribution is 14.0. The van der Waals surface area contributed by atoms with Gasteiger partial charge in [0, 0.05) is 39.4 Å². The van der Waals surface area contributed by atoms with Crippen molar-refractivity contribution in [2.24, 2.45) is 4.99 Å². The Labute approximate surface area is 132 Å². The number of halogens is 1. The van der Waals surface area contributed by atoms with E-state index in [1.807, 2.05) is 7.05 Å². The second-order valence-electron chi connectivity index (χ2n) is 4.22. The maximum atomic E-state index is 4.10. The predicted octanol–water partition coefficient (Wildman–Crippen LogP) is 1.98. The zero-order valence-electron chi connectivity index (χ0n) is 11.4. The number of guanidine groups is 1. The van der Waals surface area contributed by atoms with Gasteiger partial charge in [0.2, 0.25) is 0 Å². The average molecular weight is 372 g/mol. The fourth-order valence-electron chi connectivity index (χ4n) is 2.02. The molecule has 0 bridgehead atoms. The van der Waals surface area contributed by atoms with Crippen LogP contribution in [0.25, 0.3) is 0 Å². The van der Waals surface area contributed by atoms with Crippen molar-refractivity contribution in [1.82, 2.24) is 10.6 Å². The molecule has 0 aromatic heterocycles. The highest BCUT2D eigenvalue weighted by Gasteiger charge is 2.07. The summed E-state index contributed by atoms with van der Waals surface area (Å²) in [5.41, 5.74) is 2.54. The molecule has 0 aliphatic carbocycles. The van der Waals surface area contributed by atoms with Crippen LogP contribution in [0.2, 0.25) is 0 Å². The molecule has 104 valence electrons. The first-order valence-corrected chi connectivity index (χ1v) is 6.21. The summed E-state index contributed by atoms with van der Waals surface area (Å²) < 4.78 is 0. The Morgan fingerprint density at radius 3 is 2.68 bits per heavy atom. The Balaban J connectivity index is 0.00000180. The van der Waals surface area contributed by atoms with Crippen LogP contribution in [0.15, 0.2) is 41.4 Å². The number of nitrogens with zero attached hydrogens (tertiary/aromatic N) is 2. The van der Waals surface area contributed by atoms with Gasteiger partial charge in [0.25, 0.3) is 0 Å². The minimum absolute atomic E-state index is 0. The molecule has 19 heavy (non-hydrogen) atoms. The van der Waals surface area contributed by atoms with Crippen molar-refractivity contribution in [2.45, 2.75) is 6.54 Å². The first kappa shape index (κ1) is 15.8. The lowest BCUT2D eigenvalue weighted by atomic mass is 10.2. The second kappa shape index (κ2) is 8.04. The maximum Gasteiger partial charge on any atom is 0.190 e. The zero-order chi connectivity index (χ0) is 12.8. The monoisotopic (exact) mass is 372 g/mol. The molecule has 1 aliphatic rings. The summed E-state index contributed by atoms with van der Waals surface area (Å²) in [5.74, 6) is 0.809. The number of nitrogens with one attached hydrogen (secondary N) is 2. The summed E-state index contributed by atoms with van der Waals surface area (Å²) in [6.07, 6.45) is 4.40. The molecule has 4 nitrogen and oxygen atoms in total. The summed E-state index contributed by atoms with van der Waals surface area (Å²) in [5, 5.41) is 6.27. The number of aliphatic imine (C=N–C) groups is 1. The summed E-state index contributed by atoms with van der Waals surface area (Å²) in [7, 11) is 3.63. The molecule has 1 aliphatic heterocycles. The van der Waals surface area contributed by atoms with E-state index in [0.29, 0.717) is 0 Å². The molecule has 0 radical (unpaired) electrons. The molecule has 0 atom stereocenters. The van der Waals surface area contributed by atoms with E-state index in [1.165, 1.54) is 11.3 Å². The van der Waals surface area contributed by atoms with Crippen LogP contribution in [-0.2, 0) is 6.54 Å². The third-order valence-electron chi connectivity index (χ3n) is 3.01. The highest BCUT2D eigenvalue weighted by atomic mass is 127. The van der Waals surface area contributed by atoms with E-state index in [4.69, 9.17) is 0 Å². The van der Waals surface area contributed by atoms with Gasteiger partial charge in [-0.1, -0.05) is 24.3 Å². The van der Waals surface area contributed by atoms with Gasteiger partial charge in [0.15, 0.2) is 5.96 Å². The third-order valence-corrected chi connectivity index (χ3v) is 3.01. The van der Waals surface area contributed by atoms with Crippen LogP contribution < -0.4 is 15.5 Å². The third kappa shape index (κ3) is 4.41. The van der Waals surface area contributed by atoms with Crippen LogP contribution in [0, 0.1) is 0 Å². The van der Waals surface area contributed by atoms with Gasteiger partial charge in [0.05, 0.1) is 0 Å². The summed E-state index contributed by atoms with van der Waals surface area (Å²) >= 11 is 0. The molecule has 0 unspecified atom stereocenters. The van der Waals surface area contributed by atoms with Gasteiger partial charge in [-0.15, -0.1) is 24.0 Å². The van der Waals surface area contributed by atoms with Crippen molar-refractivity contribution in [3.05, 3.63) is 42.0 Å². The minimum atomic E-state index is 0. The molecular weight excluding hydrogens is 351 g/mol. The van der Waals surface area contributed by atoms with Crippen molar-refractivity contribution in [2.75, 3.05) is 32.1 Å². The van der Waals surface area contributed by atoms with Crippen molar-refractivity contribution in [3.63, 3.8) is 0 Å². The number of anilines is 1. The average Bonchev–Trinajstić information content (AvgIpc) is 2.94. The lowest BCUT2D eigenvalue weighted by Crippen LogP contribution is -2.34. The molecular formula is C14H21IN4. The summed E-state index contributed by atoms with van der Waals surface area (Å²) in [6, 6.07) is 8.61. The van der Waals surface area contributed by atoms with E-state index in [-0.39, 0.29) is 24.0 Å². The standard InChI is InChI=1S/C14H20N4.HI/c1-15-14(16-2)17-11-12-6-5-7-13(10-12)18-8-3-4-9-18;/h3-7,10H,8-9,11H2,1-2H3,(H2,15,16,17);1H. The van der Waals surface area contributed by atoms with Crippen LogP contribution >= 0.6 is 24.0 Å². The summed E-state index contributed by atoms with van der Waals surface area (Å²) in [4.78, 5) is 6.44. The van der Waals surface area contributed by atoms with E-state index >= 15 is 0 Å². The van der Waals surface area contributed by atoms with E-state index in [2.05, 4.69) is 56.9 Å². The molecule has 0 fully saturated rings. The lowest BCUT2D eigenvalue weighted by molar-refractivity contribution is 0.864. The summed E-state index contributed by atoms with van der Waals surface area (Å²) in [6.45, 7) is 2.80. The topological polar surface area (TPSA) is 39.7 Å². The van der Waals surface area contributed by atoms with Gasteiger partial charge < -0.3 is 15.5 Å². The Bertz CT molecular complexity index is 449. The number of hydrogen-bond donors (Lipinski definition) is 2. The van der Waals surface area contributed by atoms with Crippen LogP contribution in [0.4, 0.5) is 5.69 Å². The van der Waals surface area contributed by atoms with Gasteiger partial charge in [-0.3, -0.25) is 4.99 Å². The van der Waals surface area contributed by atoms with Gasteiger partial charge >= 0.3 is 0 Å².